The Morgan fingerprint density at radius 3 is 2.62 bits per heavy atom. The molecular formula is C14H17NO. The van der Waals surface area contributed by atoms with Gasteiger partial charge in [0.25, 0.3) is 0 Å². The third kappa shape index (κ3) is 2.01. The third-order valence-corrected chi connectivity index (χ3v) is 2.58. The molecule has 1 aliphatic rings. The van der Waals surface area contributed by atoms with Crippen molar-refractivity contribution < 1.29 is 4.74 Å². The molecule has 2 heteroatoms. The van der Waals surface area contributed by atoms with Crippen molar-refractivity contribution in [3.63, 3.8) is 0 Å². The van der Waals surface area contributed by atoms with Gasteiger partial charge in [-0.3, -0.25) is 0 Å². The number of allylic oxidation sites excluding steroid dienone is 1. The van der Waals surface area contributed by atoms with Crippen LogP contribution in [0.4, 0.5) is 0 Å². The molecule has 0 N–H and O–H groups in total. The van der Waals surface area contributed by atoms with Gasteiger partial charge in [-0.05, 0) is 32.4 Å². The van der Waals surface area contributed by atoms with Crippen molar-refractivity contribution in [2.45, 2.75) is 26.3 Å². The number of aliphatic imine (C=N–C) groups is 1. The summed E-state index contributed by atoms with van der Waals surface area (Å²) in [5.74, 6) is 0.739. The molecule has 0 fully saturated rings. The van der Waals surface area contributed by atoms with Crippen molar-refractivity contribution in [1.82, 2.24) is 0 Å². The zero-order valence-corrected chi connectivity index (χ0v) is 10.1. The lowest BCUT2D eigenvalue weighted by Crippen LogP contribution is -2.17. The molecule has 0 amide bonds. The highest BCUT2D eigenvalue weighted by atomic mass is 16.5. The predicted octanol–water partition coefficient (Wildman–Crippen LogP) is 3.28. The van der Waals surface area contributed by atoms with Crippen LogP contribution in [0.5, 0.6) is 0 Å². The van der Waals surface area contributed by atoms with Crippen molar-refractivity contribution in [3.8, 4) is 0 Å². The zero-order valence-electron chi connectivity index (χ0n) is 10.1. The van der Waals surface area contributed by atoms with E-state index in [4.69, 9.17) is 4.74 Å². The molecule has 84 valence electrons. The smallest absolute Gasteiger partial charge is 0.217 e. The second kappa shape index (κ2) is 3.78. The molecule has 0 atom stereocenters. The first-order valence-electron chi connectivity index (χ1n) is 5.47. The maximum absolute atomic E-state index is 5.65. The molecule has 2 nitrogen and oxygen atoms in total. The van der Waals surface area contributed by atoms with Gasteiger partial charge in [0, 0.05) is 5.56 Å². The van der Waals surface area contributed by atoms with E-state index in [0.717, 1.165) is 22.6 Å². The van der Waals surface area contributed by atoms with Crippen LogP contribution < -0.4 is 0 Å². The van der Waals surface area contributed by atoms with E-state index in [2.05, 4.69) is 31.5 Å². The van der Waals surface area contributed by atoms with E-state index in [0.29, 0.717) is 6.61 Å². The maximum Gasteiger partial charge on any atom is 0.217 e. The highest BCUT2D eigenvalue weighted by Crippen LogP contribution is 2.25. The second-order valence-corrected chi connectivity index (χ2v) is 4.84. The maximum atomic E-state index is 5.65. The molecule has 0 saturated heterocycles. The summed E-state index contributed by atoms with van der Waals surface area (Å²) < 4.78 is 5.65. The number of hydrogen-bond acceptors (Lipinski definition) is 2. The lowest BCUT2D eigenvalue weighted by atomic mass is 10.0. The van der Waals surface area contributed by atoms with Crippen LogP contribution >= 0.6 is 0 Å². The second-order valence-electron chi connectivity index (χ2n) is 4.84. The fourth-order valence-electron chi connectivity index (χ4n) is 1.76. The number of hydrogen-bond donors (Lipinski definition) is 0. The average Bonchev–Trinajstić information content (AvgIpc) is 2.59. The Hall–Kier alpha value is -1.57. The highest BCUT2D eigenvalue weighted by molar-refractivity contribution is 5.99. The fraction of sp³-hybridized carbons (Fsp3) is 0.357. The summed E-state index contributed by atoms with van der Waals surface area (Å²) in [5, 5.41) is 0. The van der Waals surface area contributed by atoms with Crippen LogP contribution in [0.1, 0.15) is 31.9 Å². The van der Waals surface area contributed by atoms with Crippen molar-refractivity contribution in [2.75, 3.05) is 6.61 Å². The molecule has 0 spiro atoms. The number of nitrogens with zero attached hydrogens (tertiary/aromatic N) is 1. The third-order valence-electron chi connectivity index (χ3n) is 2.58. The van der Waals surface area contributed by atoms with Gasteiger partial charge in [0.05, 0.1) is 5.54 Å². The Labute approximate surface area is 96.7 Å². The van der Waals surface area contributed by atoms with E-state index in [-0.39, 0.29) is 5.54 Å². The Balaban J connectivity index is 2.46. The first-order valence-corrected chi connectivity index (χ1v) is 5.47. The number of benzene rings is 1. The molecule has 1 heterocycles. The van der Waals surface area contributed by atoms with Crippen molar-refractivity contribution >= 4 is 11.5 Å². The van der Waals surface area contributed by atoms with E-state index in [9.17, 15) is 0 Å². The largest absolute Gasteiger partial charge is 0.475 e. The molecule has 2 rings (SSSR count). The summed E-state index contributed by atoms with van der Waals surface area (Å²) in [6, 6.07) is 8.09. The normalized spacial score (nSPS) is 17.8. The Morgan fingerprint density at radius 2 is 2.06 bits per heavy atom. The van der Waals surface area contributed by atoms with Crippen LogP contribution in [-0.2, 0) is 4.74 Å². The minimum absolute atomic E-state index is 0.114. The van der Waals surface area contributed by atoms with Gasteiger partial charge in [-0.2, -0.15) is 0 Å². The molecule has 1 aliphatic heterocycles. The predicted molar refractivity (Wildman–Crippen MR) is 67.7 cm³/mol. The van der Waals surface area contributed by atoms with Crippen molar-refractivity contribution in [3.05, 3.63) is 42.0 Å². The topological polar surface area (TPSA) is 21.6 Å². The summed E-state index contributed by atoms with van der Waals surface area (Å²) in [5.41, 5.74) is 3.07. The van der Waals surface area contributed by atoms with Crippen LogP contribution in [-0.4, -0.2) is 18.0 Å². The summed E-state index contributed by atoms with van der Waals surface area (Å²) in [6.07, 6.45) is 0. The summed E-state index contributed by atoms with van der Waals surface area (Å²) in [7, 11) is 0. The van der Waals surface area contributed by atoms with Crippen molar-refractivity contribution in [1.29, 1.82) is 0 Å². The summed E-state index contributed by atoms with van der Waals surface area (Å²) in [4.78, 5) is 4.59. The average molecular weight is 215 g/mol. The Kier molecular flexibility index (Phi) is 2.58. The quantitative estimate of drug-likeness (QED) is 0.742. The molecule has 0 unspecified atom stereocenters. The highest BCUT2D eigenvalue weighted by Gasteiger charge is 2.27. The van der Waals surface area contributed by atoms with Crippen LogP contribution in [0.15, 0.2) is 35.8 Å². The summed E-state index contributed by atoms with van der Waals surface area (Å²) >= 11 is 0. The molecule has 0 aromatic heterocycles. The van der Waals surface area contributed by atoms with E-state index >= 15 is 0 Å². The molecular weight excluding hydrogens is 198 g/mol. The fourth-order valence-corrected chi connectivity index (χ4v) is 1.76. The van der Waals surface area contributed by atoms with Crippen LogP contribution in [0.25, 0.3) is 5.57 Å². The number of rotatable bonds is 2. The zero-order chi connectivity index (χ0) is 11.8. The van der Waals surface area contributed by atoms with Gasteiger partial charge >= 0.3 is 0 Å². The van der Waals surface area contributed by atoms with Crippen LogP contribution in [0.2, 0.25) is 0 Å². The molecule has 0 radical (unpaired) electrons. The Bertz CT molecular complexity index is 458. The first kappa shape index (κ1) is 10.9. The van der Waals surface area contributed by atoms with Gasteiger partial charge in [-0.25, -0.2) is 4.99 Å². The molecule has 1 aromatic carbocycles. The minimum Gasteiger partial charge on any atom is -0.475 e. The standard InChI is InChI=1S/C14H17NO/c1-10(2)11-7-5-6-8-12(11)13-15-14(3,4)9-16-13/h5-8H,1,9H2,2-4H3. The van der Waals surface area contributed by atoms with Gasteiger partial charge in [0.2, 0.25) is 5.90 Å². The van der Waals surface area contributed by atoms with Crippen molar-refractivity contribution in [2.24, 2.45) is 4.99 Å². The molecule has 0 bridgehead atoms. The van der Waals surface area contributed by atoms with Crippen LogP contribution in [0.3, 0.4) is 0 Å². The Morgan fingerprint density at radius 1 is 1.38 bits per heavy atom. The van der Waals surface area contributed by atoms with Gasteiger partial charge in [-0.1, -0.05) is 30.4 Å². The van der Waals surface area contributed by atoms with E-state index in [1.165, 1.54) is 0 Å². The monoisotopic (exact) mass is 215 g/mol. The van der Waals surface area contributed by atoms with E-state index in [1.54, 1.807) is 0 Å². The molecule has 0 saturated carbocycles. The van der Waals surface area contributed by atoms with Crippen LogP contribution in [0, 0.1) is 0 Å². The van der Waals surface area contributed by atoms with Gasteiger partial charge in [-0.15, -0.1) is 0 Å². The first-order chi connectivity index (χ1) is 7.49. The van der Waals surface area contributed by atoms with Gasteiger partial charge in [0.1, 0.15) is 6.61 Å². The SMILES string of the molecule is C=C(C)c1ccccc1C1=NC(C)(C)CO1. The molecule has 16 heavy (non-hydrogen) atoms. The van der Waals surface area contributed by atoms with E-state index in [1.807, 2.05) is 25.1 Å². The molecule has 0 aliphatic carbocycles. The number of ether oxygens (including phenoxy) is 1. The summed E-state index contributed by atoms with van der Waals surface area (Å²) in [6.45, 7) is 10.8. The molecule has 1 aromatic rings. The van der Waals surface area contributed by atoms with E-state index < -0.39 is 0 Å². The lowest BCUT2D eigenvalue weighted by Gasteiger charge is -2.08. The minimum atomic E-state index is -0.114. The van der Waals surface area contributed by atoms with Gasteiger partial charge in [0.15, 0.2) is 0 Å². The lowest BCUT2D eigenvalue weighted by molar-refractivity contribution is 0.279. The van der Waals surface area contributed by atoms with Gasteiger partial charge < -0.3 is 4.74 Å².